The first-order chi connectivity index (χ1) is 11.7. The number of hydrogen-bond donors (Lipinski definition) is 3. The van der Waals surface area contributed by atoms with Crippen LogP contribution in [-0.2, 0) is 11.3 Å². The first-order valence-electron chi connectivity index (χ1n) is 8.47. The van der Waals surface area contributed by atoms with E-state index < -0.39 is 17.8 Å². The SMILES string of the molecule is O[C@H]1CCOC2(CCN(Cc3ccc(-c4ccn[nH]4)o3)CC2)[C@H]1O. The Labute approximate surface area is 140 Å². The molecule has 0 aliphatic carbocycles. The van der Waals surface area contributed by atoms with Crippen molar-refractivity contribution in [3.8, 4) is 11.5 Å². The molecule has 2 aliphatic rings. The zero-order valence-corrected chi connectivity index (χ0v) is 13.5. The average Bonchev–Trinajstić information content (AvgIpc) is 3.26. The molecular formula is C17H23N3O4. The molecule has 0 unspecified atom stereocenters. The summed E-state index contributed by atoms with van der Waals surface area (Å²) in [6, 6.07) is 5.80. The molecule has 3 N–H and O–H groups in total. The fraction of sp³-hybridized carbons (Fsp3) is 0.588. The van der Waals surface area contributed by atoms with Crippen LogP contribution in [0.4, 0.5) is 0 Å². The molecule has 2 saturated heterocycles. The highest BCUT2D eigenvalue weighted by molar-refractivity contribution is 5.51. The normalized spacial score (nSPS) is 27.6. The minimum atomic E-state index is -0.788. The fourth-order valence-electron chi connectivity index (χ4n) is 3.73. The molecule has 0 radical (unpaired) electrons. The Morgan fingerprint density at radius 3 is 2.83 bits per heavy atom. The van der Waals surface area contributed by atoms with E-state index in [1.165, 1.54) is 0 Å². The van der Waals surface area contributed by atoms with Gasteiger partial charge in [0.05, 0.1) is 24.9 Å². The number of hydrogen-bond acceptors (Lipinski definition) is 6. The lowest BCUT2D eigenvalue weighted by Gasteiger charge is -2.48. The first kappa shape index (κ1) is 15.8. The summed E-state index contributed by atoms with van der Waals surface area (Å²) in [4.78, 5) is 2.29. The van der Waals surface area contributed by atoms with E-state index in [4.69, 9.17) is 9.15 Å². The average molecular weight is 333 g/mol. The Hall–Kier alpha value is -1.67. The third kappa shape index (κ3) is 2.88. The molecule has 2 aromatic heterocycles. The van der Waals surface area contributed by atoms with E-state index in [0.717, 1.165) is 49.7 Å². The standard InChI is InChI=1S/C17H23N3O4/c21-14-4-10-23-17(16(14)22)5-8-20(9-6-17)11-12-1-2-15(24-12)13-3-7-18-19-13/h1-3,7,14,16,21-22H,4-6,8-11H2,(H,18,19)/t14-,16-/m0/s1. The Morgan fingerprint density at radius 2 is 2.08 bits per heavy atom. The third-order valence-corrected chi connectivity index (χ3v) is 5.22. The number of H-pyrrole nitrogens is 1. The van der Waals surface area contributed by atoms with Gasteiger partial charge in [0, 0.05) is 19.3 Å². The molecule has 4 heterocycles. The molecule has 7 heteroatoms. The van der Waals surface area contributed by atoms with Crippen molar-refractivity contribution in [2.24, 2.45) is 0 Å². The summed E-state index contributed by atoms with van der Waals surface area (Å²) in [5.41, 5.74) is 0.282. The Morgan fingerprint density at radius 1 is 1.25 bits per heavy atom. The zero-order valence-electron chi connectivity index (χ0n) is 13.5. The maximum absolute atomic E-state index is 10.3. The van der Waals surface area contributed by atoms with Gasteiger partial charge in [0.25, 0.3) is 0 Å². The fourth-order valence-corrected chi connectivity index (χ4v) is 3.73. The molecular weight excluding hydrogens is 310 g/mol. The summed E-state index contributed by atoms with van der Waals surface area (Å²) in [5, 5.41) is 27.1. The van der Waals surface area contributed by atoms with Crippen molar-refractivity contribution in [3.63, 3.8) is 0 Å². The number of aliphatic hydroxyl groups is 2. The number of piperidine rings is 1. The minimum Gasteiger partial charge on any atom is -0.458 e. The Kier molecular flexibility index (Phi) is 4.17. The van der Waals surface area contributed by atoms with Gasteiger partial charge in [0.15, 0.2) is 5.76 Å². The monoisotopic (exact) mass is 333 g/mol. The molecule has 2 atom stereocenters. The largest absolute Gasteiger partial charge is 0.458 e. The number of nitrogens with one attached hydrogen (secondary N) is 1. The predicted molar refractivity (Wildman–Crippen MR) is 86.1 cm³/mol. The molecule has 2 aromatic rings. The molecule has 0 bridgehead atoms. The molecule has 0 amide bonds. The topological polar surface area (TPSA) is 94.8 Å². The van der Waals surface area contributed by atoms with Crippen LogP contribution in [0.25, 0.3) is 11.5 Å². The second kappa shape index (κ2) is 6.33. The highest BCUT2D eigenvalue weighted by Crippen LogP contribution is 2.36. The van der Waals surface area contributed by atoms with Gasteiger partial charge in [0.2, 0.25) is 0 Å². The molecule has 2 aliphatic heterocycles. The summed E-state index contributed by atoms with van der Waals surface area (Å²) < 4.78 is 11.7. The number of aliphatic hydroxyl groups excluding tert-OH is 2. The van der Waals surface area contributed by atoms with Gasteiger partial charge in [-0.3, -0.25) is 10.00 Å². The summed E-state index contributed by atoms with van der Waals surface area (Å²) in [6.45, 7) is 2.86. The maximum atomic E-state index is 10.3. The minimum absolute atomic E-state index is 0.509. The third-order valence-electron chi connectivity index (χ3n) is 5.22. The first-order valence-corrected chi connectivity index (χ1v) is 8.47. The lowest BCUT2D eigenvalue weighted by atomic mass is 9.80. The van der Waals surface area contributed by atoms with Crippen molar-refractivity contribution in [2.75, 3.05) is 19.7 Å². The van der Waals surface area contributed by atoms with Gasteiger partial charge in [-0.05, 0) is 37.5 Å². The van der Waals surface area contributed by atoms with Crippen molar-refractivity contribution in [1.82, 2.24) is 15.1 Å². The van der Waals surface area contributed by atoms with Crippen LogP contribution < -0.4 is 0 Å². The van der Waals surface area contributed by atoms with Crippen molar-refractivity contribution >= 4 is 0 Å². The molecule has 24 heavy (non-hydrogen) atoms. The molecule has 1 spiro atoms. The van der Waals surface area contributed by atoms with E-state index in [1.807, 2.05) is 18.2 Å². The van der Waals surface area contributed by atoms with Gasteiger partial charge in [-0.2, -0.15) is 5.10 Å². The van der Waals surface area contributed by atoms with Gasteiger partial charge in [0.1, 0.15) is 17.6 Å². The lowest BCUT2D eigenvalue weighted by molar-refractivity contribution is -0.214. The van der Waals surface area contributed by atoms with Crippen LogP contribution in [0.2, 0.25) is 0 Å². The number of ether oxygens (including phenoxy) is 1. The summed E-state index contributed by atoms with van der Waals surface area (Å²) >= 11 is 0. The molecule has 2 fully saturated rings. The number of nitrogens with zero attached hydrogens (tertiary/aromatic N) is 2. The van der Waals surface area contributed by atoms with Gasteiger partial charge >= 0.3 is 0 Å². The predicted octanol–water partition coefficient (Wildman–Crippen LogP) is 1.15. The van der Waals surface area contributed by atoms with E-state index in [9.17, 15) is 10.2 Å². The summed E-state index contributed by atoms with van der Waals surface area (Å²) in [7, 11) is 0. The number of rotatable bonds is 3. The van der Waals surface area contributed by atoms with Crippen LogP contribution in [0, 0.1) is 0 Å². The van der Waals surface area contributed by atoms with Crippen LogP contribution in [0.5, 0.6) is 0 Å². The maximum Gasteiger partial charge on any atom is 0.152 e. The molecule has 4 rings (SSSR count). The van der Waals surface area contributed by atoms with E-state index in [-0.39, 0.29) is 0 Å². The summed E-state index contributed by atoms with van der Waals surface area (Å²) in [6.07, 6.45) is 2.19. The van der Waals surface area contributed by atoms with Crippen molar-refractivity contribution < 1.29 is 19.4 Å². The van der Waals surface area contributed by atoms with E-state index >= 15 is 0 Å². The second-order valence-corrected chi connectivity index (χ2v) is 6.73. The van der Waals surface area contributed by atoms with Crippen molar-refractivity contribution in [1.29, 1.82) is 0 Å². The summed E-state index contributed by atoms with van der Waals surface area (Å²) in [5.74, 6) is 1.69. The molecule has 0 aromatic carbocycles. The Balaban J connectivity index is 1.37. The number of aromatic nitrogens is 2. The lowest BCUT2D eigenvalue weighted by Crippen LogP contribution is -2.59. The second-order valence-electron chi connectivity index (χ2n) is 6.73. The van der Waals surface area contributed by atoms with Crippen LogP contribution in [0.3, 0.4) is 0 Å². The number of furan rings is 1. The smallest absolute Gasteiger partial charge is 0.152 e. The van der Waals surface area contributed by atoms with Crippen LogP contribution >= 0.6 is 0 Å². The highest BCUT2D eigenvalue weighted by atomic mass is 16.5. The number of aromatic amines is 1. The van der Waals surface area contributed by atoms with E-state index in [2.05, 4.69) is 15.1 Å². The number of likely N-dealkylation sites (tertiary alicyclic amines) is 1. The van der Waals surface area contributed by atoms with E-state index in [0.29, 0.717) is 13.0 Å². The van der Waals surface area contributed by atoms with Gasteiger partial charge in [-0.15, -0.1) is 0 Å². The molecule has 7 nitrogen and oxygen atoms in total. The highest BCUT2D eigenvalue weighted by Gasteiger charge is 2.47. The van der Waals surface area contributed by atoms with Gasteiger partial charge in [-0.1, -0.05) is 0 Å². The molecule has 130 valence electrons. The van der Waals surface area contributed by atoms with Crippen molar-refractivity contribution in [3.05, 3.63) is 30.2 Å². The van der Waals surface area contributed by atoms with Crippen LogP contribution in [0.1, 0.15) is 25.0 Å². The molecule has 0 saturated carbocycles. The van der Waals surface area contributed by atoms with Gasteiger partial charge < -0.3 is 19.4 Å². The quantitative estimate of drug-likeness (QED) is 0.780. The van der Waals surface area contributed by atoms with E-state index in [1.54, 1.807) is 6.20 Å². The van der Waals surface area contributed by atoms with Gasteiger partial charge in [-0.25, -0.2) is 0 Å². The Bertz CT molecular complexity index is 661. The zero-order chi connectivity index (χ0) is 16.6. The van der Waals surface area contributed by atoms with Crippen molar-refractivity contribution in [2.45, 2.75) is 43.6 Å². The van der Waals surface area contributed by atoms with Crippen LogP contribution in [-0.4, -0.2) is 62.8 Å². The van der Waals surface area contributed by atoms with Crippen LogP contribution in [0.15, 0.2) is 28.8 Å².